The molecule has 0 amide bonds. The topological polar surface area (TPSA) is 38.8 Å². The van der Waals surface area contributed by atoms with Gasteiger partial charge in [0, 0.05) is 6.42 Å². The number of carbonyl (C=O) groups is 1. The molecular weight excluding hydrogens is 216 g/mol. The van der Waals surface area contributed by atoms with Crippen LogP contribution in [0.2, 0.25) is 0 Å². The van der Waals surface area contributed by atoms with Gasteiger partial charge in [-0.15, -0.1) is 0 Å². The second-order valence-corrected chi connectivity index (χ2v) is 6.47. The number of rotatable bonds is 4. The van der Waals surface area contributed by atoms with Crippen molar-refractivity contribution in [1.82, 2.24) is 0 Å². The molecule has 3 aliphatic carbocycles. The minimum Gasteiger partial charge on any atom is -0.466 e. The molecule has 3 nitrogen and oxygen atoms in total. The third-order valence-electron chi connectivity index (χ3n) is 5.38. The summed E-state index contributed by atoms with van der Waals surface area (Å²) < 4.78 is 11.0. The first-order valence-corrected chi connectivity index (χ1v) is 6.83. The second-order valence-electron chi connectivity index (χ2n) is 6.47. The van der Waals surface area contributed by atoms with E-state index in [1.54, 1.807) is 0 Å². The average molecular weight is 238 g/mol. The Hall–Kier alpha value is -0.570. The summed E-state index contributed by atoms with van der Waals surface area (Å²) in [6.07, 6.45) is 4.29. The van der Waals surface area contributed by atoms with Crippen LogP contribution >= 0.6 is 0 Å². The van der Waals surface area contributed by atoms with E-state index in [1.807, 2.05) is 6.92 Å². The Balaban J connectivity index is 1.56. The number of epoxide rings is 1. The summed E-state index contributed by atoms with van der Waals surface area (Å²) in [6, 6.07) is 0. The molecule has 0 aromatic heterocycles. The quantitative estimate of drug-likeness (QED) is 0.558. The molecule has 4 fully saturated rings. The van der Waals surface area contributed by atoms with Gasteiger partial charge in [-0.05, 0) is 43.4 Å². The lowest BCUT2D eigenvalue weighted by Gasteiger charge is -2.56. The Kier molecular flexibility index (Phi) is 2.35. The van der Waals surface area contributed by atoms with Crippen LogP contribution in [0, 0.1) is 17.3 Å². The molecule has 0 aromatic carbocycles. The molecule has 96 valence electrons. The standard InChI is InChI=1S/C14H22O3/c1-4-16-11(15)5-6-14-8-9-7-10(12(14)17-14)13(9,2)3/h9-10,12H,4-8H2,1-3H3/t9-,10+,12-,14+/m0/s1. The normalized spacial score (nSPS) is 44.5. The van der Waals surface area contributed by atoms with Gasteiger partial charge in [0.2, 0.25) is 0 Å². The number of hydrogen-bond acceptors (Lipinski definition) is 3. The zero-order chi connectivity index (χ0) is 12.3. The lowest BCUT2D eigenvalue weighted by Crippen LogP contribution is -2.54. The molecule has 0 aromatic rings. The highest BCUT2D eigenvalue weighted by atomic mass is 16.6. The van der Waals surface area contributed by atoms with Crippen molar-refractivity contribution in [2.45, 2.75) is 58.2 Å². The largest absolute Gasteiger partial charge is 0.466 e. The molecule has 1 saturated heterocycles. The zero-order valence-corrected chi connectivity index (χ0v) is 11.0. The van der Waals surface area contributed by atoms with E-state index >= 15 is 0 Å². The molecule has 4 atom stereocenters. The lowest BCUT2D eigenvalue weighted by molar-refractivity contribution is -0.143. The zero-order valence-electron chi connectivity index (χ0n) is 11.0. The van der Waals surface area contributed by atoms with Crippen molar-refractivity contribution in [3.8, 4) is 0 Å². The first-order chi connectivity index (χ1) is 7.99. The molecule has 4 aliphatic rings. The van der Waals surface area contributed by atoms with Crippen molar-refractivity contribution >= 4 is 5.97 Å². The van der Waals surface area contributed by atoms with Crippen molar-refractivity contribution in [3.63, 3.8) is 0 Å². The summed E-state index contributed by atoms with van der Waals surface area (Å²) in [5.41, 5.74) is 0.518. The molecule has 1 aliphatic heterocycles. The van der Waals surface area contributed by atoms with E-state index in [1.165, 1.54) is 6.42 Å². The molecule has 0 spiro atoms. The van der Waals surface area contributed by atoms with Crippen LogP contribution in [0.1, 0.15) is 46.5 Å². The van der Waals surface area contributed by atoms with Crippen LogP contribution in [0.25, 0.3) is 0 Å². The fraction of sp³-hybridized carbons (Fsp3) is 0.929. The van der Waals surface area contributed by atoms with Gasteiger partial charge in [-0.2, -0.15) is 0 Å². The highest BCUT2D eigenvalue weighted by molar-refractivity contribution is 5.69. The van der Waals surface area contributed by atoms with Gasteiger partial charge in [0.15, 0.2) is 0 Å². The van der Waals surface area contributed by atoms with E-state index in [9.17, 15) is 4.79 Å². The highest BCUT2D eigenvalue weighted by Crippen LogP contribution is 2.70. The highest BCUT2D eigenvalue weighted by Gasteiger charge is 2.72. The van der Waals surface area contributed by atoms with Crippen LogP contribution < -0.4 is 0 Å². The van der Waals surface area contributed by atoms with Crippen LogP contribution in [0.15, 0.2) is 0 Å². The third-order valence-corrected chi connectivity index (χ3v) is 5.38. The van der Waals surface area contributed by atoms with Gasteiger partial charge < -0.3 is 9.47 Å². The van der Waals surface area contributed by atoms with Crippen LogP contribution in [-0.4, -0.2) is 24.3 Å². The first-order valence-electron chi connectivity index (χ1n) is 6.83. The summed E-state index contributed by atoms with van der Waals surface area (Å²) >= 11 is 0. The molecule has 2 bridgehead atoms. The lowest BCUT2D eigenvalue weighted by atomic mass is 9.46. The van der Waals surface area contributed by atoms with Crippen LogP contribution in [-0.2, 0) is 14.3 Å². The fourth-order valence-corrected chi connectivity index (χ4v) is 4.02. The van der Waals surface area contributed by atoms with Crippen molar-refractivity contribution in [1.29, 1.82) is 0 Å². The smallest absolute Gasteiger partial charge is 0.305 e. The summed E-state index contributed by atoms with van der Waals surface area (Å²) in [7, 11) is 0. The van der Waals surface area contributed by atoms with Crippen LogP contribution in [0.4, 0.5) is 0 Å². The van der Waals surface area contributed by atoms with Crippen molar-refractivity contribution in [2.24, 2.45) is 17.3 Å². The maximum absolute atomic E-state index is 11.4. The fourth-order valence-electron chi connectivity index (χ4n) is 4.02. The maximum Gasteiger partial charge on any atom is 0.305 e. The molecule has 17 heavy (non-hydrogen) atoms. The Morgan fingerprint density at radius 2 is 2.24 bits per heavy atom. The minimum absolute atomic E-state index is 0.0515. The molecule has 1 heterocycles. The van der Waals surface area contributed by atoms with Crippen molar-refractivity contribution in [3.05, 3.63) is 0 Å². The van der Waals surface area contributed by atoms with Crippen LogP contribution in [0.3, 0.4) is 0 Å². The van der Waals surface area contributed by atoms with Gasteiger partial charge in [-0.25, -0.2) is 0 Å². The predicted molar refractivity (Wildman–Crippen MR) is 63.5 cm³/mol. The van der Waals surface area contributed by atoms with Gasteiger partial charge in [0.25, 0.3) is 0 Å². The average Bonchev–Trinajstić information content (AvgIpc) is 3.01. The Morgan fingerprint density at radius 1 is 1.47 bits per heavy atom. The van der Waals surface area contributed by atoms with E-state index in [2.05, 4.69) is 13.8 Å². The third kappa shape index (κ3) is 1.55. The van der Waals surface area contributed by atoms with Crippen LogP contribution in [0.5, 0.6) is 0 Å². The minimum atomic E-state index is -0.0744. The molecule has 3 heteroatoms. The molecule has 0 radical (unpaired) electrons. The SMILES string of the molecule is CCOC(=O)CC[C@@]12C[C@@H]3C[C@H]([C@@H]1O2)C3(C)C. The number of esters is 1. The molecular formula is C14H22O3. The molecule has 4 rings (SSSR count). The van der Waals surface area contributed by atoms with Gasteiger partial charge >= 0.3 is 5.97 Å². The predicted octanol–water partition coefficient (Wildman–Crippen LogP) is 2.53. The summed E-state index contributed by atoms with van der Waals surface area (Å²) in [4.78, 5) is 11.4. The second kappa shape index (κ2) is 3.47. The van der Waals surface area contributed by atoms with E-state index in [4.69, 9.17) is 9.47 Å². The van der Waals surface area contributed by atoms with E-state index in [0.717, 1.165) is 24.7 Å². The molecule has 0 unspecified atom stereocenters. The van der Waals surface area contributed by atoms with Gasteiger partial charge in [0.1, 0.15) is 0 Å². The van der Waals surface area contributed by atoms with Gasteiger partial charge in [-0.3, -0.25) is 4.79 Å². The summed E-state index contributed by atoms with van der Waals surface area (Å²) in [5.74, 6) is 1.45. The van der Waals surface area contributed by atoms with E-state index in [0.29, 0.717) is 24.5 Å². The van der Waals surface area contributed by atoms with E-state index in [-0.39, 0.29) is 11.6 Å². The summed E-state index contributed by atoms with van der Waals surface area (Å²) in [6.45, 7) is 7.06. The van der Waals surface area contributed by atoms with Crippen molar-refractivity contribution < 1.29 is 14.3 Å². The number of ether oxygens (including phenoxy) is 2. The van der Waals surface area contributed by atoms with E-state index < -0.39 is 0 Å². The first kappa shape index (κ1) is 11.5. The van der Waals surface area contributed by atoms with Crippen molar-refractivity contribution in [2.75, 3.05) is 6.61 Å². The number of hydrogen-bond donors (Lipinski definition) is 0. The monoisotopic (exact) mass is 238 g/mol. The van der Waals surface area contributed by atoms with Gasteiger partial charge in [-0.1, -0.05) is 13.8 Å². The Morgan fingerprint density at radius 3 is 2.82 bits per heavy atom. The van der Waals surface area contributed by atoms with Gasteiger partial charge in [0.05, 0.1) is 18.3 Å². The maximum atomic E-state index is 11.4. The summed E-state index contributed by atoms with van der Waals surface area (Å²) in [5, 5.41) is 0. The molecule has 3 saturated carbocycles. The Bertz CT molecular complexity index is 349. The number of carbonyl (C=O) groups excluding carboxylic acids is 1. The molecule has 0 N–H and O–H groups in total. The Labute approximate surface area is 103 Å².